The largest absolute Gasteiger partial charge is 0.503 e. The van der Waals surface area contributed by atoms with Crippen molar-refractivity contribution < 1.29 is 24.1 Å². The zero-order valence-corrected chi connectivity index (χ0v) is 14.0. The zero-order valence-electron chi connectivity index (χ0n) is 13.2. The number of benzene rings is 2. The van der Waals surface area contributed by atoms with E-state index in [9.17, 15) is 9.90 Å². The average molecular weight is 363 g/mol. The molecule has 0 aromatic heterocycles. The lowest BCUT2D eigenvalue weighted by atomic mass is 10.2. The van der Waals surface area contributed by atoms with Gasteiger partial charge in [0.05, 0.1) is 18.3 Å². The van der Waals surface area contributed by atoms with Gasteiger partial charge in [-0.25, -0.2) is 5.43 Å². The lowest BCUT2D eigenvalue weighted by molar-refractivity contribution is -0.130. The van der Waals surface area contributed by atoms with Crippen LogP contribution in [0.2, 0.25) is 5.02 Å². The number of hydrogen-bond donors (Lipinski definition) is 2. The van der Waals surface area contributed by atoms with E-state index in [1.807, 2.05) is 6.07 Å². The number of amides is 1. The topological polar surface area (TPSA) is 89.4 Å². The van der Waals surface area contributed by atoms with Gasteiger partial charge in [0.2, 0.25) is 6.10 Å². The number of carbonyl (C=O) groups is 1. The normalized spacial score (nSPS) is 15.8. The van der Waals surface area contributed by atoms with Crippen molar-refractivity contribution >= 4 is 23.7 Å². The number of ether oxygens (including phenoxy) is 3. The molecule has 0 saturated heterocycles. The third kappa shape index (κ3) is 3.77. The van der Waals surface area contributed by atoms with E-state index in [4.69, 9.17) is 25.8 Å². The van der Waals surface area contributed by atoms with E-state index < -0.39 is 12.0 Å². The predicted molar refractivity (Wildman–Crippen MR) is 91.8 cm³/mol. The molecule has 0 unspecified atom stereocenters. The number of carbonyl (C=O) groups excluding carboxylic acids is 1. The summed E-state index contributed by atoms with van der Waals surface area (Å²) in [6.45, 7) is 0.0945. The maximum Gasteiger partial charge on any atom is 0.284 e. The number of hydrazone groups is 1. The van der Waals surface area contributed by atoms with Crippen LogP contribution in [0.5, 0.6) is 23.0 Å². The number of hydrogen-bond acceptors (Lipinski definition) is 6. The standard InChI is InChI=1S/C17H15ClN2O5/c1-23-14-7-10(6-11(18)16(14)21)8-19-20-17(22)15-9-24-12-4-2-3-5-13(12)25-15/h2-8,15,21H,9H2,1H3,(H,20,22)/b19-8+/t15-/m1/s1. The Hall–Kier alpha value is -2.93. The number of phenols is 1. The van der Waals surface area contributed by atoms with Gasteiger partial charge in [-0.05, 0) is 29.8 Å². The molecule has 130 valence electrons. The molecule has 0 bridgehead atoms. The van der Waals surface area contributed by atoms with Gasteiger partial charge < -0.3 is 19.3 Å². The Morgan fingerprint density at radius 3 is 2.92 bits per heavy atom. The van der Waals surface area contributed by atoms with E-state index >= 15 is 0 Å². The number of nitrogens with one attached hydrogen (secondary N) is 1. The number of methoxy groups -OCH3 is 1. The van der Waals surface area contributed by atoms with Crippen molar-refractivity contribution in [3.63, 3.8) is 0 Å². The SMILES string of the molecule is COc1cc(/C=N/NC(=O)[C@H]2COc3ccccc3O2)cc(Cl)c1O. The third-order valence-corrected chi connectivity index (χ3v) is 3.75. The van der Waals surface area contributed by atoms with Crippen LogP contribution in [0.4, 0.5) is 0 Å². The molecule has 3 rings (SSSR count). The number of para-hydroxylation sites is 2. The summed E-state index contributed by atoms with van der Waals surface area (Å²) in [5.74, 6) is 0.717. The summed E-state index contributed by atoms with van der Waals surface area (Å²) < 4.78 is 16.1. The Balaban J connectivity index is 1.63. The summed E-state index contributed by atoms with van der Waals surface area (Å²) in [6, 6.07) is 10.1. The molecule has 0 fully saturated rings. The summed E-state index contributed by atoms with van der Waals surface area (Å²) in [4.78, 5) is 12.1. The van der Waals surface area contributed by atoms with Crippen LogP contribution in [0.3, 0.4) is 0 Å². The van der Waals surface area contributed by atoms with Crippen LogP contribution >= 0.6 is 11.6 Å². The summed E-state index contributed by atoms with van der Waals surface area (Å²) >= 11 is 5.89. The molecular formula is C17H15ClN2O5. The van der Waals surface area contributed by atoms with Gasteiger partial charge in [0.15, 0.2) is 23.0 Å². The fourth-order valence-corrected chi connectivity index (χ4v) is 2.43. The monoisotopic (exact) mass is 362 g/mol. The molecule has 1 heterocycles. The van der Waals surface area contributed by atoms with Crippen molar-refractivity contribution in [3.05, 3.63) is 47.0 Å². The van der Waals surface area contributed by atoms with Crippen LogP contribution in [-0.2, 0) is 4.79 Å². The Bertz CT molecular complexity index is 825. The number of rotatable bonds is 4. The van der Waals surface area contributed by atoms with Crippen molar-refractivity contribution in [3.8, 4) is 23.0 Å². The molecular weight excluding hydrogens is 348 g/mol. The van der Waals surface area contributed by atoms with Gasteiger partial charge >= 0.3 is 0 Å². The molecule has 0 spiro atoms. The second-order valence-electron chi connectivity index (χ2n) is 5.15. The molecule has 1 atom stereocenters. The van der Waals surface area contributed by atoms with E-state index in [2.05, 4.69) is 10.5 Å². The molecule has 25 heavy (non-hydrogen) atoms. The number of nitrogens with zero attached hydrogens (tertiary/aromatic N) is 1. The van der Waals surface area contributed by atoms with Gasteiger partial charge in [-0.3, -0.25) is 4.79 Å². The Labute approximate surface area is 148 Å². The molecule has 0 aliphatic carbocycles. The first-order chi connectivity index (χ1) is 12.1. The van der Waals surface area contributed by atoms with Gasteiger partial charge in [0, 0.05) is 0 Å². The quantitative estimate of drug-likeness (QED) is 0.643. The highest BCUT2D eigenvalue weighted by Crippen LogP contribution is 2.34. The minimum atomic E-state index is -0.801. The predicted octanol–water partition coefficient (Wildman–Crippen LogP) is 2.34. The zero-order chi connectivity index (χ0) is 17.8. The van der Waals surface area contributed by atoms with Crippen LogP contribution in [0.15, 0.2) is 41.5 Å². The molecule has 1 aliphatic heterocycles. The Morgan fingerprint density at radius 2 is 2.16 bits per heavy atom. The second-order valence-corrected chi connectivity index (χ2v) is 5.56. The summed E-state index contributed by atoms with van der Waals surface area (Å²) in [5, 5.41) is 13.7. The molecule has 8 heteroatoms. The van der Waals surface area contributed by atoms with Crippen molar-refractivity contribution in [2.75, 3.05) is 13.7 Å². The van der Waals surface area contributed by atoms with Crippen LogP contribution in [0, 0.1) is 0 Å². The molecule has 0 saturated carbocycles. The Kier molecular flexibility index (Phi) is 4.95. The summed E-state index contributed by atoms with van der Waals surface area (Å²) in [7, 11) is 1.41. The van der Waals surface area contributed by atoms with Crippen LogP contribution in [-0.4, -0.2) is 37.0 Å². The second kappa shape index (κ2) is 7.31. The maximum absolute atomic E-state index is 12.1. The summed E-state index contributed by atoms with van der Waals surface area (Å²) in [5.41, 5.74) is 2.93. The van der Waals surface area contributed by atoms with Crippen LogP contribution in [0.25, 0.3) is 0 Å². The number of halogens is 1. The Morgan fingerprint density at radius 1 is 1.40 bits per heavy atom. The first kappa shape index (κ1) is 16.9. The van der Waals surface area contributed by atoms with Crippen LogP contribution in [0.1, 0.15) is 5.56 Å². The smallest absolute Gasteiger partial charge is 0.284 e. The average Bonchev–Trinajstić information content (AvgIpc) is 2.63. The number of fused-ring (bicyclic) bond motifs is 1. The molecule has 1 amide bonds. The molecule has 1 aliphatic rings. The van der Waals surface area contributed by atoms with E-state index in [0.29, 0.717) is 17.1 Å². The third-order valence-electron chi connectivity index (χ3n) is 3.46. The van der Waals surface area contributed by atoms with Crippen molar-refractivity contribution in [2.24, 2.45) is 5.10 Å². The highest BCUT2D eigenvalue weighted by molar-refractivity contribution is 6.32. The first-order valence-electron chi connectivity index (χ1n) is 7.36. The van der Waals surface area contributed by atoms with E-state index in [0.717, 1.165) is 0 Å². The van der Waals surface area contributed by atoms with E-state index in [1.165, 1.54) is 25.5 Å². The molecule has 2 aromatic rings. The van der Waals surface area contributed by atoms with Crippen molar-refractivity contribution in [1.29, 1.82) is 0 Å². The van der Waals surface area contributed by atoms with Crippen molar-refractivity contribution in [1.82, 2.24) is 5.43 Å². The minimum absolute atomic E-state index is 0.0945. The molecule has 0 radical (unpaired) electrons. The number of aromatic hydroxyl groups is 1. The maximum atomic E-state index is 12.1. The fraction of sp³-hybridized carbons (Fsp3) is 0.176. The van der Waals surface area contributed by atoms with Gasteiger partial charge in [-0.2, -0.15) is 5.10 Å². The highest BCUT2D eigenvalue weighted by atomic mass is 35.5. The van der Waals surface area contributed by atoms with Crippen molar-refractivity contribution in [2.45, 2.75) is 6.10 Å². The molecule has 2 aromatic carbocycles. The fourth-order valence-electron chi connectivity index (χ4n) is 2.22. The van der Waals surface area contributed by atoms with Gasteiger partial charge in [-0.15, -0.1) is 0 Å². The van der Waals surface area contributed by atoms with Gasteiger partial charge in [0.1, 0.15) is 6.61 Å². The van der Waals surface area contributed by atoms with E-state index in [-0.39, 0.29) is 23.1 Å². The highest BCUT2D eigenvalue weighted by Gasteiger charge is 2.26. The first-order valence-corrected chi connectivity index (χ1v) is 7.74. The lowest BCUT2D eigenvalue weighted by Gasteiger charge is -2.24. The lowest BCUT2D eigenvalue weighted by Crippen LogP contribution is -2.42. The molecule has 2 N–H and O–H groups in total. The minimum Gasteiger partial charge on any atom is -0.503 e. The number of phenolic OH excluding ortho intramolecular Hbond substituents is 1. The van der Waals surface area contributed by atoms with E-state index in [1.54, 1.807) is 18.2 Å². The van der Waals surface area contributed by atoms with Gasteiger partial charge in [0.25, 0.3) is 5.91 Å². The summed E-state index contributed by atoms with van der Waals surface area (Å²) in [6.07, 6.45) is 0.577. The molecule has 7 nitrogen and oxygen atoms in total. The van der Waals surface area contributed by atoms with Gasteiger partial charge in [-0.1, -0.05) is 23.7 Å². The van der Waals surface area contributed by atoms with Crippen LogP contribution < -0.4 is 19.6 Å².